The van der Waals surface area contributed by atoms with Gasteiger partial charge in [0.1, 0.15) is 5.75 Å². The Labute approximate surface area is 190 Å². The van der Waals surface area contributed by atoms with Gasteiger partial charge < -0.3 is 19.3 Å². The smallest absolute Gasteiger partial charge is 0.290 e. The number of nitrogens with zero attached hydrogens (tertiary/aromatic N) is 3. The van der Waals surface area contributed by atoms with Crippen LogP contribution in [-0.2, 0) is 11.3 Å². The number of Topliss-reactive ketones (excluding diaryl/α,β-unsaturated/α-hetero) is 1. The van der Waals surface area contributed by atoms with Gasteiger partial charge in [-0.15, -0.1) is 11.3 Å². The molecule has 0 saturated carbocycles. The number of thiophene rings is 1. The SMILES string of the molecule is CCCOc1ccc([C@@H]2C(C(=O)c3cccs3)=C(O)C(=O)N2CCCn2ccnc2)cc1. The Morgan fingerprint density at radius 2 is 2.03 bits per heavy atom. The Hall–Kier alpha value is -3.39. The topological polar surface area (TPSA) is 84.7 Å². The molecule has 3 heterocycles. The van der Waals surface area contributed by atoms with Crippen molar-refractivity contribution in [1.82, 2.24) is 14.5 Å². The van der Waals surface area contributed by atoms with E-state index in [1.165, 1.54) is 11.3 Å². The van der Waals surface area contributed by atoms with Gasteiger partial charge in [0, 0.05) is 25.5 Å². The molecule has 7 nitrogen and oxygen atoms in total. The molecule has 2 aromatic heterocycles. The first-order valence-corrected chi connectivity index (χ1v) is 11.5. The molecule has 0 bridgehead atoms. The highest BCUT2D eigenvalue weighted by Gasteiger charge is 2.43. The summed E-state index contributed by atoms with van der Waals surface area (Å²) in [5, 5.41) is 12.5. The molecule has 1 atom stereocenters. The van der Waals surface area contributed by atoms with E-state index in [-0.39, 0.29) is 11.4 Å². The summed E-state index contributed by atoms with van der Waals surface area (Å²) in [4.78, 5) is 32.3. The highest BCUT2D eigenvalue weighted by atomic mass is 32.1. The third-order valence-corrected chi connectivity index (χ3v) is 6.21. The average molecular weight is 452 g/mol. The Kier molecular flexibility index (Phi) is 6.70. The van der Waals surface area contributed by atoms with E-state index in [1.54, 1.807) is 34.9 Å². The Balaban J connectivity index is 1.63. The van der Waals surface area contributed by atoms with Crippen LogP contribution >= 0.6 is 11.3 Å². The first kappa shape index (κ1) is 21.8. The standard InChI is InChI=1S/C24H25N3O4S/c1-2-14-31-18-8-6-17(7-9-18)21-20(22(28)19-5-3-15-32-19)23(29)24(30)27(21)12-4-11-26-13-10-25-16-26/h3,5-10,13,15-16,21,29H,2,4,11-12,14H2,1H3/t21-/m1/s1. The second kappa shape index (κ2) is 9.82. The van der Waals surface area contributed by atoms with E-state index in [1.807, 2.05) is 42.0 Å². The molecular formula is C24H25N3O4S. The predicted octanol–water partition coefficient (Wildman–Crippen LogP) is 4.40. The maximum Gasteiger partial charge on any atom is 0.290 e. The molecule has 3 aromatic rings. The zero-order chi connectivity index (χ0) is 22.5. The lowest BCUT2D eigenvalue weighted by molar-refractivity contribution is -0.129. The number of aliphatic hydroxyl groups is 1. The zero-order valence-electron chi connectivity index (χ0n) is 17.8. The summed E-state index contributed by atoms with van der Waals surface area (Å²) in [6, 6.07) is 10.2. The van der Waals surface area contributed by atoms with Gasteiger partial charge in [0.05, 0.1) is 29.4 Å². The predicted molar refractivity (Wildman–Crippen MR) is 122 cm³/mol. The van der Waals surface area contributed by atoms with E-state index in [4.69, 9.17) is 4.74 Å². The number of ether oxygens (including phenoxy) is 1. The van der Waals surface area contributed by atoms with Crippen molar-refractivity contribution in [2.24, 2.45) is 0 Å². The lowest BCUT2D eigenvalue weighted by Crippen LogP contribution is -2.32. The van der Waals surface area contributed by atoms with E-state index >= 15 is 0 Å². The number of carbonyl (C=O) groups excluding carboxylic acids is 2. The number of benzene rings is 1. The molecule has 8 heteroatoms. The fourth-order valence-corrected chi connectivity index (χ4v) is 4.49. The van der Waals surface area contributed by atoms with Gasteiger partial charge in [-0.05, 0) is 42.0 Å². The lowest BCUT2D eigenvalue weighted by Gasteiger charge is -2.27. The third kappa shape index (κ3) is 4.45. The molecule has 0 saturated heterocycles. The summed E-state index contributed by atoms with van der Waals surface area (Å²) in [5.74, 6) is -0.584. The molecule has 1 aliphatic rings. The molecule has 1 N–H and O–H groups in total. The van der Waals surface area contributed by atoms with Crippen LogP contribution < -0.4 is 4.74 Å². The number of amides is 1. The molecular weight excluding hydrogens is 426 g/mol. The maximum absolute atomic E-state index is 13.2. The summed E-state index contributed by atoms with van der Waals surface area (Å²) < 4.78 is 7.60. The molecule has 0 unspecified atom stereocenters. The fraction of sp³-hybridized carbons (Fsp3) is 0.292. The van der Waals surface area contributed by atoms with Crippen molar-refractivity contribution in [3.63, 3.8) is 0 Å². The Bertz CT molecular complexity index is 1090. The lowest BCUT2D eigenvalue weighted by atomic mass is 9.95. The van der Waals surface area contributed by atoms with Gasteiger partial charge in [0.25, 0.3) is 5.91 Å². The number of aryl methyl sites for hydroxylation is 1. The molecule has 0 fully saturated rings. The molecule has 166 valence electrons. The number of carbonyl (C=O) groups is 2. The maximum atomic E-state index is 13.2. The number of rotatable bonds is 10. The summed E-state index contributed by atoms with van der Waals surface area (Å²) >= 11 is 1.29. The number of hydrogen-bond acceptors (Lipinski definition) is 6. The summed E-state index contributed by atoms with van der Waals surface area (Å²) in [6.07, 6.45) is 6.85. The average Bonchev–Trinajstić information content (AvgIpc) is 3.56. The first-order valence-electron chi connectivity index (χ1n) is 10.6. The van der Waals surface area contributed by atoms with Crippen LogP contribution in [0.4, 0.5) is 0 Å². The molecule has 1 amide bonds. The third-order valence-electron chi connectivity index (χ3n) is 5.34. The van der Waals surface area contributed by atoms with Crippen molar-refractivity contribution in [3.8, 4) is 5.75 Å². The van der Waals surface area contributed by atoms with Crippen LogP contribution in [0.2, 0.25) is 0 Å². The van der Waals surface area contributed by atoms with Crippen LogP contribution in [0.3, 0.4) is 0 Å². The Morgan fingerprint density at radius 3 is 2.69 bits per heavy atom. The minimum absolute atomic E-state index is 0.127. The van der Waals surface area contributed by atoms with Gasteiger partial charge in [-0.3, -0.25) is 9.59 Å². The van der Waals surface area contributed by atoms with Gasteiger partial charge in [-0.2, -0.15) is 0 Å². The van der Waals surface area contributed by atoms with Crippen molar-refractivity contribution in [1.29, 1.82) is 0 Å². The second-order valence-corrected chi connectivity index (χ2v) is 8.49. The van der Waals surface area contributed by atoms with Crippen molar-refractivity contribution in [2.75, 3.05) is 13.2 Å². The summed E-state index contributed by atoms with van der Waals surface area (Å²) in [7, 11) is 0. The van der Waals surface area contributed by atoms with E-state index < -0.39 is 17.7 Å². The number of hydrogen-bond donors (Lipinski definition) is 1. The fourth-order valence-electron chi connectivity index (χ4n) is 3.81. The number of aliphatic hydroxyl groups excluding tert-OH is 1. The number of aromatic nitrogens is 2. The normalized spacial score (nSPS) is 16.1. The summed E-state index contributed by atoms with van der Waals surface area (Å²) in [5.41, 5.74) is 0.885. The van der Waals surface area contributed by atoms with E-state index in [0.717, 1.165) is 17.7 Å². The zero-order valence-corrected chi connectivity index (χ0v) is 18.6. The van der Waals surface area contributed by atoms with Crippen LogP contribution in [0.25, 0.3) is 0 Å². The van der Waals surface area contributed by atoms with Crippen LogP contribution in [0, 0.1) is 0 Å². The Morgan fingerprint density at radius 1 is 1.22 bits per heavy atom. The molecule has 1 aromatic carbocycles. The number of ketones is 1. The van der Waals surface area contributed by atoms with Crippen LogP contribution in [-0.4, -0.2) is 44.4 Å². The van der Waals surface area contributed by atoms with Gasteiger partial charge in [-0.1, -0.05) is 25.1 Å². The number of imidazole rings is 1. The van der Waals surface area contributed by atoms with Crippen molar-refractivity contribution in [2.45, 2.75) is 32.4 Å². The minimum Gasteiger partial charge on any atom is -0.503 e. The highest BCUT2D eigenvalue weighted by molar-refractivity contribution is 7.12. The van der Waals surface area contributed by atoms with Crippen molar-refractivity contribution >= 4 is 23.0 Å². The van der Waals surface area contributed by atoms with Crippen molar-refractivity contribution in [3.05, 3.63) is 82.3 Å². The quantitative estimate of drug-likeness (QED) is 0.462. The van der Waals surface area contributed by atoms with E-state index in [0.29, 0.717) is 31.0 Å². The molecule has 0 radical (unpaired) electrons. The van der Waals surface area contributed by atoms with E-state index in [2.05, 4.69) is 4.98 Å². The molecule has 0 spiro atoms. The van der Waals surface area contributed by atoms with Crippen LogP contribution in [0.15, 0.2) is 71.8 Å². The largest absolute Gasteiger partial charge is 0.503 e. The summed E-state index contributed by atoms with van der Waals surface area (Å²) in [6.45, 7) is 3.72. The molecule has 0 aliphatic carbocycles. The van der Waals surface area contributed by atoms with Crippen LogP contribution in [0.5, 0.6) is 5.75 Å². The van der Waals surface area contributed by atoms with Gasteiger partial charge in [-0.25, -0.2) is 4.98 Å². The minimum atomic E-state index is -0.653. The van der Waals surface area contributed by atoms with Crippen molar-refractivity contribution < 1.29 is 19.4 Å². The van der Waals surface area contributed by atoms with Gasteiger partial charge in [0.15, 0.2) is 5.76 Å². The molecule has 4 rings (SSSR count). The molecule has 1 aliphatic heterocycles. The highest BCUT2D eigenvalue weighted by Crippen LogP contribution is 2.40. The van der Waals surface area contributed by atoms with Gasteiger partial charge in [0.2, 0.25) is 5.78 Å². The second-order valence-electron chi connectivity index (χ2n) is 7.54. The van der Waals surface area contributed by atoms with Gasteiger partial charge >= 0.3 is 0 Å². The van der Waals surface area contributed by atoms with E-state index in [9.17, 15) is 14.7 Å². The monoisotopic (exact) mass is 451 g/mol. The van der Waals surface area contributed by atoms with Crippen LogP contribution in [0.1, 0.15) is 41.0 Å². The first-order chi connectivity index (χ1) is 15.6. The molecule has 32 heavy (non-hydrogen) atoms.